The van der Waals surface area contributed by atoms with Gasteiger partial charge < -0.3 is 7.43 Å². The first-order valence-corrected chi connectivity index (χ1v) is 10.8. The molecule has 33 heavy (non-hydrogen) atoms. The first-order valence-electron chi connectivity index (χ1n) is 10.1. The Balaban J connectivity index is 0. The molecule has 2 radical (unpaired) electrons. The van der Waals surface area contributed by atoms with E-state index in [1.54, 1.807) is 0 Å². The molecule has 0 atom stereocenters. The first kappa shape index (κ1) is 33.7. The second-order valence-corrected chi connectivity index (χ2v) is 8.41. The number of hydrogen-bond donors (Lipinski definition) is 0. The quantitative estimate of drug-likeness (QED) is 0.133. The topological polar surface area (TPSA) is 0 Å². The summed E-state index contributed by atoms with van der Waals surface area (Å²) in [6.07, 6.45) is 0. The Morgan fingerprint density at radius 2 is 0.909 bits per heavy atom. The molecule has 4 heteroatoms. The maximum Gasteiger partial charge on any atom is 3.00 e. The minimum absolute atomic E-state index is 0. The molecule has 0 fully saturated rings. The van der Waals surface area contributed by atoms with Gasteiger partial charge >= 0.3 is 26.2 Å². The monoisotopic (exact) mass is 570 g/mol. The maximum atomic E-state index is 2.18. The van der Waals surface area contributed by atoms with Crippen molar-refractivity contribution in [3.8, 4) is 0 Å². The van der Waals surface area contributed by atoms with E-state index in [2.05, 4.69) is 100 Å². The van der Waals surface area contributed by atoms with Gasteiger partial charge in [-0.05, 0) is 13.8 Å². The van der Waals surface area contributed by atoms with E-state index >= 15 is 0 Å². The number of halogens is 2. The summed E-state index contributed by atoms with van der Waals surface area (Å²) in [6.45, 7) is 8.62. The third-order valence-electron chi connectivity index (χ3n) is 5.34. The minimum atomic E-state index is 0. The molecule has 0 N–H and O–H groups in total. The molecule has 0 amide bonds. The normalized spacial score (nSPS) is 9.00. The molecule has 0 spiro atoms. The molecule has 0 saturated carbocycles. The predicted molar refractivity (Wildman–Crippen MR) is 154 cm³/mol. The summed E-state index contributed by atoms with van der Waals surface area (Å²) < 4.78 is 0. The number of hydrogen-bond acceptors (Lipinski definition) is 0. The van der Waals surface area contributed by atoms with Gasteiger partial charge in [-0.3, -0.25) is 0 Å². The van der Waals surface area contributed by atoms with Crippen LogP contribution in [0.1, 0.15) is 22.3 Å². The van der Waals surface area contributed by atoms with Gasteiger partial charge in [0.05, 0.1) is 0 Å². The van der Waals surface area contributed by atoms with Crippen molar-refractivity contribution in [2.45, 2.75) is 27.7 Å². The number of fused-ring (bicyclic) bond motifs is 2. The molecule has 0 aliphatic rings. The van der Waals surface area contributed by atoms with Crippen molar-refractivity contribution >= 4 is 61.8 Å². The SMILES string of the molecule is Cc1ccc(C)c2[cH-]ccc12.Cc1ccc(C)c2[cH-]ccc12.Cl.Cl.[CH3-].[SiH2]c1ccccc1.[Zr+3]. The van der Waals surface area contributed by atoms with Crippen molar-refractivity contribution in [2.24, 2.45) is 0 Å². The van der Waals surface area contributed by atoms with Crippen molar-refractivity contribution in [1.29, 1.82) is 0 Å². The van der Waals surface area contributed by atoms with Gasteiger partial charge in [-0.1, -0.05) is 72.6 Å². The van der Waals surface area contributed by atoms with Gasteiger partial charge in [0.2, 0.25) is 0 Å². The number of aryl methyl sites for hydroxylation is 4. The fraction of sp³-hybridized carbons (Fsp3) is 0.138. The Labute approximate surface area is 234 Å². The maximum absolute atomic E-state index is 2.18. The molecule has 0 aromatic heterocycles. The van der Waals surface area contributed by atoms with Gasteiger partial charge in [0.1, 0.15) is 0 Å². The summed E-state index contributed by atoms with van der Waals surface area (Å²) in [4.78, 5) is 0. The van der Waals surface area contributed by atoms with Crippen LogP contribution in [0.25, 0.3) is 21.5 Å². The molecular formula is C29H34Cl2SiZr. The van der Waals surface area contributed by atoms with Crippen molar-refractivity contribution in [1.82, 2.24) is 0 Å². The smallest absolute Gasteiger partial charge is 0.358 e. The molecule has 0 aliphatic carbocycles. The van der Waals surface area contributed by atoms with Gasteiger partial charge in [-0.25, -0.2) is 0 Å². The van der Waals surface area contributed by atoms with Crippen molar-refractivity contribution in [2.75, 3.05) is 0 Å². The molecule has 5 aromatic rings. The van der Waals surface area contributed by atoms with Crippen LogP contribution < -0.4 is 5.19 Å². The zero-order valence-corrected chi connectivity index (χ0v) is 25.7. The zero-order chi connectivity index (χ0) is 20.8. The third kappa shape index (κ3) is 9.02. The van der Waals surface area contributed by atoms with Crippen LogP contribution in [0.2, 0.25) is 0 Å². The average molecular weight is 573 g/mol. The van der Waals surface area contributed by atoms with E-state index in [1.807, 2.05) is 28.4 Å². The summed E-state index contributed by atoms with van der Waals surface area (Å²) in [6, 6.07) is 32.0. The van der Waals surface area contributed by atoms with Crippen LogP contribution in [0.4, 0.5) is 0 Å². The van der Waals surface area contributed by atoms with Crippen molar-refractivity contribution in [3.63, 3.8) is 0 Å². The van der Waals surface area contributed by atoms with Crippen LogP contribution in [0, 0.1) is 35.1 Å². The van der Waals surface area contributed by atoms with E-state index in [0.717, 1.165) is 0 Å². The molecule has 0 saturated heterocycles. The van der Waals surface area contributed by atoms with Crippen molar-refractivity contribution in [3.05, 3.63) is 121 Å². The van der Waals surface area contributed by atoms with Crippen LogP contribution in [0.15, 0.2) is 91.0 Å². The van der Waals surface area contributed by atoms with Gasteiger partial charge in [-0.15, -0.1) is 81.8 Å². The van der Waals surface area contributed by atoms with Gasteiger partial charge in [-0.2, -0.15) is 24.3 Å². The van der Waals surface area contributed by atoms with E-state index in [0.29, 0.717) is 0 Å². The van der Waals surface area contributed by atoms with Crippen LogP contribution in [0.5, 0.6) is 0 Å². The van der Waals surface area contributed by atoms with Gasteiger partial charge in [0.25, 0.3) is 0 Å². The van der Waals surface area contributed by atoms with E-state index in [9.17, 15) is 0 Å². The second kappa shape index (κ2) is 16.2. The zero-order valence-electron chi connectivity index (χ0n) is 20.2. The summed E-state index contributed by atoms with van der Waals surface area (Å²) >= 11 is 0. The van der Waals surface area contributed by atoms with E-state index in [-0.39, 0.29) is 58.4 Å². The molecule has 0 heterocycles. The fourth-order valence-electron chi connectivity index (χ4n) is 3.55. The summed E-state index contributed by atoms with van der Waals surface area (Å²) in [5.74, 6) is 0. The Morgan fingerprint density at radius 3 is 1.21 bits per heavy atom. The van der Waals surface area contributed by atoms with Crippen LogP contribution in [-0.2, 0) is 26.2 Å². The molecule has 172 valence electrons. The van der Waals surface area contributed by atoms with Gasteiger partial charge in [0.15, 0.2) is 0 Å². The summed E-state index contributed by atoms with van der Waals surface area (Å²) in [5, 5.41) is 6.92. The Morgan fingerprint density at radius 1 is 0.545 bits per heavy atom. The Bertz CT molecular complexity index is 1060. The minimum Gasteiger partial charge on any atom is -0.358 e. The van der Waals surface area contributed by atoms with Crippen molar-refractivity contribution < 1.29 is 26.2 Å². The second-order valence-electron chi connectivity index (χ2n) is 7.59. The molecule has 5 rings (SSSR count). The molecule has 0 bridgehead atoms. The molecule has 0 unspecified atom stereocenters. The standard InChI is InChI=1S/2C11H11.C6H7Si.CH3.2ClH.Zr/c2*1-8-6-7-9(2)11-5-3-4-10(8)11;7-6-4-2-1-3-5-6;;;;/h2*3-7H,1-2H3;1-5H,7H2;1H3;2*1H;/q2*-1;;-1;;;+3. The van der Waals surface area contributed by atoms with Crippen LogP contribution in [-0.4, -0.2) is 10.2 Å². The van der Waals surface area contributed by atoms with Gasteiger partial charge in [0, 0.05) is 10.2 Å². The number of benzene rings is 3. The fourth-order valence-corrected chi connectivity index (χ4v) is 3.82. The summed E-state index contributed by atoms with van der Waals surface area (Å²) in [5.41, 5.74) is 5.48. The number of rotatable bonds is 0. The predicted octanol–water partition coefficient (Wildman–Crippen LogP) is 7.59. The summed E-state index contributed by atoms with van der Waals surface area (Å²) in [7, 11) is 1.90. The van der Waals surface area contributed by atoms with E-state index in [4.69, 9.17) is 0 Å². The first-order chi connectivity index (χ1) is 14.0. The van der Waals surface area contributed by atoms with E-state index < -0.39 is 0 Å². The van der Waals surface area contributed by atoms with Crippen LogP contribution >= 0.6 is 24.8 Å². The molecular weight excluding hydrogens is 539 g/mol. The van der Waals surface area contributed by atoms with E-state index in [1.165, 1.54) is 49.0 Å². The van der Waals surface area contributed by atoms with Crippen LogP contribution in [0.3, 0.4) is 0 Å². The Kier molecular flexibility index (Phi) is 16.6. The molecule has 0 aliphatic heterocycles. The molecule has 0 nitrogen and oxygen atoms in total. The average Bonchev–Trinajstić information content (AvgIpc) is 3.40. The Hall–Kier alpha value is -1.44. The molecule has 5 aromatic carbocycles. The third-order valence-corrected chi connectivity index (χ3v) is 5.81. The largest absolute Gasteiger partial charge is 3.00 e.